The molecule has 7 heteroatoms. The Balaban J connectivity index is 1.62. The lowest BCUT2D eigenvalue weighted by Gasteiger charge is -2.11. The first-order valence-corrected chi connectivity index (χ1v) is 12.0. The molecule has 1 amide bonds. The van der Waals surface area contributed by atoms with Crippen LogP contribution in [0.1, 0.15) is 11.1 Å². The Labute approximate surface area is 194 Å². The molecule has 0 saturated carbocycles. The first-order chi connectivity index (χ1) is 15.5. The molecule has 2 heterocycles. The zero-order valence-corrected chi connectivity index (χ0v) is 19.6. The summed E-state index contributed by atoms with van der Waals surface area (Å²) in [6.07, 6.45) is 1.67. The number of thioether (sulfide) groups is 1. The molecule has 0 fully saturated rings. The number of hydrogen-bond acceptors (Lipinski definition) is 5. The van der Waals surface area contributed by atoms with E-state index in [0.717, 1.165) is 27.9 Å². The van der Waals surface area contributed by atoms with Crippen molar-refractivity contribution in [3.8, 4) is 11.1 Å². The number of nitrogens with one attached hydrogen (secondary N) is 1. The van der Waals surface area contributed by atoms with Crippen LogP contribution in [-0.2, 0) is 11.3 Å². The second kappa shape index (κ2) is 9.54. The average Bonchev–Trinajstić information content (AvgIpc) is 3.18. The van der Waals surface area contributed by atoms with E-state index in [1.165, 1.54) is 23.1 Å². The van der Waals surface area contributed by atoms with E-state index in [4.69, 9.17) is 4.98 Å². The number of anilines is 1. The fourth-order valence-electron chi connectivity index (χ4n) is 3.61. The fraction of sp³-hybridized carbons (Fsp3) is 0.160. The topological polar surface area (TPSA) is 64.0 Å². The van der Waals surface area contributed by atoms with E-state index >= 15 is 0 Å². The molecule has 0 atom stereocenters. The van der Waals surface area contributed by atoms with E-state index in [0.29, 0.717) is 21.9 Å². The third-order valence-corrected chi connectivity index (χ3v) is 6.74. The van der Waals surface area contributed by atoms with Crippen LogP contribution in [0.15, 0.2) is 76.5 Å². The van der Waals surface area contributed by atoms with Crippen LogP contribution in [0.3, 0.4) is 0 Å². The van der Waals surface area contributed by atoms with E-state index in [1.807, 2.05) is 61.7 Å². The summed E-state index contributed by atoms with van der Waals surface area (Å²) < 4.78 is 1.59. The van der Waals surface area contributed by atoms with Crippen molar-refractivity contribution in [2.75, 3.05) is 11.1 Å². The Kier molecular flexibility index (Phi) is 6.58. The van der Waals surface area contributed by atoms with E-state index < -0.39 is 0 Å². The number of carbonyl (C=O) groups is 1. The second-order valence-electron chi connectivity index (χ2n) is 7.51. The van der Waals surface area contributed by atoms with Gasteiger partial charge >= 0.3 is 0 Å². The van der Waals surface area contributed by atoms with Crippen molar-refractivity contribution in [2.45, 2.75) is 25.5 Å². The molecule has 0 radical (unpaired) electrons. The second-order valence-corrected chi connectivity index (χ2v) is 9.31. The van der Waals surface area contributed by atoms with Gasteiger partial charge < -0.3 is 5.32 Å². The van der Waals surface area contributed by atoms with Crippen molar-refractivity contribution in [1.29, 1.82) is 0 Å². The SMILES string of the molecule is C=CCn1c(SCC(=O)Nc2cc(C)cc(C)c2)nc2scc(-c3ccccc3)c2c1=O. The lowest BCUT2D eigenvalue weighted by molar-refractivity contribution is -0.113. The molecule has 4 rings (SSSR count). The Morgan fingerprint density at radius 3 is 2.59 bits per heavy atom. The summed E-state index contributed by atoms with van der Waals surface area (Å²) in [5.41, 5.74) is 4.69. The number of fused-ring (bicyclic) bond motifs is 1. The Morgan fingerprint density at radius 2 is 1.91 bits per heavy atom. The summed E-state index contributed by atoms with van der Waals surface area (Å²) in [5.74, 6) is 0.00887. The molecule has 0 spiro atoms. The molecular weight excluding hydrogens is 438 g/mol. The van der Waals surface area contributed by atoms with Gasteiger partial charge in [0.2, 0.25) is 5.91 Å². The number of carbonyl (C=O) groups excluding carboxylic acids is 1. The van der Waals surface area contributed by atoms with Crippen LogP contribution >= 0.6 is 23.1 Å². The summed E-state index contributed by atoms with van der Waals surface area (Å²) in [4.78, 5) is 31.3. The summed E-state index contributed by atoms with van der Waals surface area (Å²) >= 11 is 2.70. The van der Waals surface area contributed by atoms with Gasteiger partial charge in [0.05, 0.1) is 11.1 Å². The molecule has 0 saturated heterocycles. The number of allylic oxidation sites excluding steroid dienone is 1. The molecule has 162 valence electrons. The number of benzene rings is 2. The van der Waals surface area contributed by atoms with E-state index in [1.54, 1.807) is 10.6 Å². The maximum absolute atomic E-state index is 13.4. The maximum atomic E-state index is 13.4. The largest absolute Gasteiger partial charge is 0.325 e. The minimum absolute atomic E-state index is 0.118. The fourth-order valence-corrected chi connectivity index (χ4v) is 5.41. The molecule has 0 aliphatic heterocycles. The predicted molar refractivity (Wildman–Crippen MR) is 135 cm³/mol. The summed E-state index contributed by atoms with van der Waals surface area (Å²) in [7, 11) is 0. The number of aryl methyl sites for hydroxylation is 2. The quantitative estimate of drug-likeness (QED) is 0.219. The maximum Gasteiger partial charge on any atom is 0.263 e. The summed E-state index contributed by atoms with van der Waals surface area (Å²) in [5, 5.41) is 6.01. The highest BCUT2D eigenvalue weighted by atomic mass is 32.2. The van der Waals surface area contributed by atoms with Gasteiger partial charge in [-0.25, -0.2) is 4.98 Å². The number of nitrogens with zero attached hydrogens (tertiary/aromatic N) is 2. The number of aromatic nitrogens is 2. The van der Waals surface area contributed by atoms with Gasteiger partial charge in [0.15, 0.2) is 5.16 Å². The highest BCUT2D eigenvalue weighted by molar-refractivity contribution is 7.99. The third-order valence-electron chi connectivity index (χ3n) is 4.89. The van der Waals surface area contributed by atoms with Gasteiger partial charge in [-0.15, -0.1) is 17.9 Å². The Hall–Kier alpha value is -3.16. The summed E-state index contributed by atoms with van der Waals surface area (Å²) in [6, 6.07) is 15.7. The normalized spacial score (nSPS) is 10.9. The van der Waals surface area contributed by atoms with E-state index in [-0.39, 0.29) is 17.2 Å². The van der Waals surface area contributed by atoms with Gasteiger partial charge in [-0.3, -0.25) is 14.2 Å². The van der Waals surface area contributed by atoms with Gasteiger partial charge in [-0.1, -0.05) is 54.2 Å². The molecule has 0 aliphatic rings. The molecule has 0 aliphatic carbocycles. The van der Waals surface area contributed by atoms with Gasteiger partial charge in [0, 0.05) is 23.2 Å². The molecule has 0 unspecified atom stereocenters. The van der Waals surface area contributed by atoms with E-state index in [2.05, 4.69) is 18.0 Å². The number of thiophene rings is 1. The molecule has 1 N–H and O–H groups in total. The Bertz CT molecular complexity index is 1340. The molecule has 0 bridgehead atoms. The minimum atomic E-state index is -0.143. The van der Waals surface area contributed by atoms with Gasteiger partial charge in [-0.05, 0) is 42.7 Å². The van der Waals surface area contributed by atoms with Gasteiger partial charge in [-0.2, -0.15) is 0 Å². The monoisotopic (exact) mass is 461 g/mol. The van der Waals surface area contributed by atoms with E-state index in [9.17, 15) is 9.59 Å². The van der Waals surface area contributed by atoms with Crippen LogP contribution in [-0.4, -0.2) is 21.2 Å². The minimum Gasteiger partial charge on any atom is -0.325 e. The lowest BCUT2D eigenvalue weighted by atomic mass is 10.1. The van der Waals surface area contributed by atoms with Crippen LogP contribution in [0.5, 0.6) is 0 Å². The molecule has 2 aromatic heterocycles. The number of hydrogen-bond donors (Lipinski definition) is 1. The van der Waals surface area contributed by atoms with Crippen LogP contribution in [0, 0.1) is 13.8 Å². The highest BCUT2D eigenvalue weighted by Crippen LogP contribution is 2.32. The molecular formula is C25H23N3O2S2. The van der Waals surface area contributed by atoms with Crippen LogP contribution in [0.2, 0.25) is 0 Å². The van der Waals surface area contributed by atoms with Crippen molar-refractivity contribution in [3.05, 3.63) is 88.0 Å². The lowest BCUT2D eigenvalue weighted by Crippen LogP contribution is -2.23. The molecule has 2 aromatic carbocycles. The first kappa shape index (κ1) is 22.0. The predicted octanol–water partition coefficient (Wildman–Crippen LogP) is 5.66. The molecule has 32 heavy (non-hydrogen) atoms. The standard InChI is InChI=1S/C25H23N3O2S2/c1-4-10-28-24(30)22-20(18-8-6-5-7-9-18)14-31-23(22)27-25(28)32-15-21(29)26-19-12-16(2)11-17(3)13-19/h4-9,11-14H,1,10,15H2,2-3H3,(H,26,29). The average molecular weight is 462 g/mol. The number of rotatable bonds is 7. The van der Waals surface area contributed by atoms with Crippen molar-refractivity contribution in [1.82, 2.24) is 9.55 Å². The van der Waals surface area contributed by atoms with Crippen molar-refractivity contribution < 1.29 is 4.79 Å². The van der Waals surface area contributed by atoms with Crippen LogP contribution < -0.4 is 10.9 Å². The van der Waals surface area contributed by atoms with Crippen molar-refractivity contribution in [3.63, 3.8) is 0 Å². The third kappa shape index (κ3) is 4.69. The zero-order valence-electron chi connectivity index (χ0n) is 17.9. The molecule has 4 aromatic rings. The summed E-state index contributed by atoms with van der Waals surface area (Å²) in [6.45, 7) is 8.10. The van der Waals surface area contributed by atoms with Crippen molar-refractivity contribution >= 4 is 44.9 Å². The Morgan fingerprint density at radius 1 is 1.19 bits per heavy atom. The molecule has 5 nitrogen and oxygen atoms in total. The van der Waals surface area contributed by atoms with Gasteiger partial charge in [0.1, 0.15) is 4.83 Å². The van der Waals surface area contributed by atoms with Crippen molar-refractivity contribution in [2.24, 2.45) is 0 Å². The highest BCUT2D eigenvalue weighted by Gasteiger charge is 2.17. The zero-order chi connectivity index (χ0) is 22.7. The van der Waals surface area contributed by atoms with Gasteiger partial charge in [0.25, 0.3) is 5.56 Å². The van der Waals surface area contributed by atoms with Crippen LogP contribution in [0.4, 0.5) is 5.69 Å². The first-order valence-electron chi connectivity index (χ1n) is 10.2. The van der Waals surface area contributed by atoms with Crippen LogP contribution in [0.25, 0.3) is 21.3 Å². The number of amides is 1. The smallest absolute Gasteiger partial charge is 0.263 e.